The molecule has 0 spiro atoms. The van der Waals surface area contributed by atoms with Gasteiger partial charge in [0.15, 0.2) is 0 Å². The van der Waals surface area contributed by atoms with Gasteiger partial charge in [-0.2, -0.15) is 0 Å². The molecule has 2 amide bonds. The van der Waals surface area contributed by atoms with Crippen LogP contribution in [-0.2, 0) is 9.59 Å². The normalized spacial score (nSPS) is 20.2. The quantitative estimate of drug-likeness (QED) is 0.748. The first-order chi connectivity index (χ1) is 12.6. The standard InChI is InChI=1S/C20H29N3O3.ClH/c1-16-5-2-7-18(13-16)26-12-4-8-19(24)22-10-3-6-17(15-22)23-11-9-21-14-20(23)25;/h2,5,7,13,17,21H,3-4,6,8-12,14-15H2,1H3;1H. The van der Waals surface area contributed by atoms with Gasteiger partial charge in [-0.3, -0.25) is 9.59 Å². The van der Waals surface area contributed by atoms with E-state index in [2.05, 4.69) is 5.32 Å². The van der Waals surface area contributed by atoms with Crippen LogP contribution >= 0.6 is 12.4 Å². The molecule has 0 radical (unpaired) electrons. The second-order valence-corrected chi connectivity index (χ2v) is 7.17. The molecule has 2 aliphatic heterocycles. The number of piperidine rings is 1. The SMILES string of the molecule is Cc1cccc(OCCCC(=O)N2CCCC(N3CCNCC3=O)C2)c1.Cl. The molecule has 3 rings (SSSR count). The fourth-order valence-electron chi connectivity index (χ4n) is 3.72. The van der Waals surface area contributed by atoms with Crippen molar-refractivity contribution in [2.45, 2.75) is 38.6 Å². The Morgan fingerprint density at radius 2 is 2.19 bits per heavy atom. The molecular formula is C20H30ClN3O3. The van der Waals surface area contributed by atoms with Gasteiger partial charge in [0.25, 0.3) is 0 Å². The van der Waals surface area contributed by atoms with Crippen LogP contribution in [0.1, 0.15) is 31.2 Å². The topological polar surface area (TPSA) is 61.9 Å². The van der Waals surface area contributed by atoms with E-state index in [0.29, 0.717) is 32.5 Å². The summed E-state index contributed by atoms with van der Waals surface area (Å²) in [5, 5.41) is 3.10. The lowest BCUT2D eigenvalue weighted by Gasteiger charge is -2.41. The van der Waals surface area contributed by atoms with Crippen molar-refractivity contribution in [3.63, 3.8) is 0 Å². The minimum Gasteiger partial charge on any atom is -0.494 e. The Labute approximate surface area is 167 Å². The number of ether oxygens (including phenoxy) is 1. The van der Waals surface area contributed by atoms with Crippen LogP contribution in [0, 0.1) is 6.92 Å². The van der Waals surface area contributed by atoms with Gasteiger partial charge in [0.1, 0.15) is 5.75 Å². The lowest BCUT2D eigenvalue weighted by atomic mass is 10.0. The van der Waals surface area contributed by atoms with E-state index in [4.69, 9.17) is 4.74 Å². The minimum absolute atomic E-state index is 0. The number of rotatable bonds is 6. The number of aryl methyl sites for hydroxylation is 1. The third kappa shape index (κ3) is 6.11. The number of carbonyl (C=O) groups is 2. The molecule has 2 fully saturated rings. The summed E-state index contributed by atoms with van der Waals surface area (Å²) < 4.78 is 5.72. The number of benzene rings is 1. The van der Waals surface area contributed by atoms with Gasteiger partial charge in [-0.1, -0.05) is 12.1 Å². The summed E-state index contributed by atoms with van der Waals surface area (Å²) in [5.74, 6) is 1.18. The zero-order valence-corrected chi connectivity index (χ0v) is 16.8. The number of hydrogen-bond donors (Lipinski definition) is 1. The van der Waals surface area contributed by atoms with E-state index in [0.717, 1.165) is 38.2 Å². The molecule has 0 bridgehead atoms. The van der Waals surface area contributed by atoms with Crippen LogP contribution in [0.15, 0.2) is 24.3 Å². The maximum atomic E-state index is 12.5. The molecule has 1 aromatic rings. The average molecular weight is 396 g/mol. The Morgan fingerprint density at radius 3 is 2.96 bits per heavy atom. The Morgan fingerprint density at radius 1 is 1.33 bits per heavy atom. The molecule has 1 atom stereocenters. The van der Waals surface area contributed by atoms with E-state index in [9.17, 15) is 9.59 Å². The van der Waals surface area contributed by atoms with Crippen LogP contribution in [-0.4, -0.2) is 67.0 Å². The summed E-state index contributed by atoms with van der Waals surface area (Å²) in [6.07, 6.45) is 3.16. The van der Waals surface area contributed by atoms with Crippen LogP contribution in [0.4, 0.5) is 0 Å². The molecule has 150 valence electrons. The number of hydrogen-bond acceptors (Lipinski definition) is 4. The van der Waals surface area contributed by atoms with Gasteiger partial charge in [-0.25, -0.2) is 0 Å². The maximum Gasteiger partial charge on any atom is 0.236 e. The second-order valence-electron chi connectivity index (χ2n) is 7.17. The summed E-state index contributed by atoms with van der Waals surface area (Å²) in [5.41, 5.74) is 1.17. The monoisotopic (exact) mass is 395 g/mol. The molecule has 1 aromatic carbocycles. The third-order valence-corrected chi connectivity index (χ3v) is 5.11. The number of nitrogens with one attached hydrogen (secondary N) is 1. The van der Waals surface area contributed by atoms with Gasteiger partial charge in [0, 0.05) is 38.6 Å². The summed E-state index contributed by atoms with van der Waals surface area (Å²) in [7, 11) is 0. The molecule has 0 saturated carbocycles. The van der Waals surface area contributed by atoms with Gasteiger partial charge in [0.05, 0.1) is 13.2 Å². The summed E-state index contributed by atoms with van der Waals surface area (Å²) >= 11 is 0. The summed E-state index contributed by atoms with van der Waals surface area (Å²) in [4.78, 5) is 28.5. The van der Waals surface area contributed by atoms with Crippen molar-refractivity contribution in [3.05, 3.63) is 29.8 Å². The zero-order valence-electron chi connectivity index (χ0n) is 16.0. The van der Waals surface area contributed by atoms with Gasteiger partial charge in [-0.05, 0) is 43.9 Å². The number of piperazine rings is 1. The molecule has 0 aliphatic carbocycles. The maximum absolute atomic E-state index is 12.5. The first-order valence-electron chi connectivity index (χ1n) is 9.61. The van der Waals surface area contributed by atoms with E-state index in [1.54, 1.807) is 0 Å². The summed E-state index contributed by atoms with van der Waals surface area (Å²) in [6, 6.07) is 8.12. The lowest BCUT2D eigenvalue weighted by Crippen LogP contribution is -2.57. The second kappa shape index (κ2) is 10.5. The molecule has 27 heavy (non-hydrogen) atoms. The highest BCUT2D eigenvalue weighted by atomic mass is 35.5. The predicted molar refractivity (Wildman–Crippen MR) is 107 cm³/mol. The summed E-state index contributed by atoms with van der Waals surface area (Å²) in [6.45, 7) is 6.05. The largest absolute Gasteiger partial charge is 0.494 e. The van der Waals surface area contributed by atoms with Crippen LogP contribution in [0.2, 0.25) is 0 Å². The third-order valence-electron chi connectivity index (χ3n) is 5.11. The molecule has 2 aliphatic rings. The fourth-order valence-corrected chi connectivity index (χ4v) is 3.72. The Balaban J connectivity index is 0.00000261. The van der Waals surface area contributed by atoms with Crippen molar-refractivity contribution in [1.82, 2.24) is 15.1 Å². The Bertz CT molecular complexity index is 641. The van der Waals surface area contributed by atoms with E-state index >= 15 is 0 Å². The van der Waals surface area contributed by atoms with Crippen molar-refractivity contribution in [2.24, 2.45) is 0 Å². The fraction of sp³-hybridized carbons (Fsp3) is 0.600. The molecule has 2 saturated heterocycles. The molecule has 2 heterocycles. The highest BCUT2D eigenvalue weighted by Gasteiger charge is 2.31. The zero-order chi connectivity index (χ0) is 18.4. The molecule has 1 unspecified atom stereocenters. The average Bonchev–Trinajstić information content (AvgIpc) is 2.65. The first-order valence-corrected chi connectivity index (χ1v) is 9.61. The number of amides is 2. The van der Waals surface area contributed by atoms with Crippen LogP contribution in [0.3, 0.4) is 0 Å². The van der Waals surface area contributed by atoms with Gasteiger partial charge in [0.2, 0.25) is 11.8 Å². The Kier molecular flexibility index (Phi) is 8.38. The highest BCUT2D eigenvalue weighted by Crippen LogP contribution is 2.18. The van der Waals surface area contributed by atoms with E-state index in [1.807, 2.05) is 41.0 Å². The number of carbonyl (C=O) groups excluding carboxylic acids is 2. The van der Waals surface area contributed by atoms with Crippen molar-refractivity contribution >= 4 is 24.2 Å². The van der Waals surface area contributed by atoms with E-state index < -0.39 is 0 Å². The van der Waals surface area contributed by atoms with Gasteiger partial charge in [-0.15, -0.1) is 12.4 Å². The molecule has 7 heteroatoms. The molecule has 1 N–H and O–H groups in total. The van der Waals surface area contributed by atoms with Crippen molar-refractivity contribution in [1.29, 1.82) is 0 Å². The predicted octanol–water partition coefficient (Wildman–Crippen LogP) is 2.00. The van der Waals surface area contributed by atoms with Crippen LogP contribution in [0.25, 0.3) is 0 Å². The van der Waals surface area contributed by atoms with E-state index in [-0.39, 0.29) is 30.3 Å². The van der Waals surface area contributed by atoms with Crippen molar-refractivity contribution in [3.8, 4) is 5.75 Å². The lowest BCUT2D eigenvalue weighted by molar-refractivity contribution is -0.140. The highest BCUT2D eigenvalue weighted by molar-refractivity contribution is 5.85. The van der Waals surface area contributed by atoms with Crippen LogP contribution in [0.5, 0.6) is 5.75 Å². The Hall–Kier alpha value is -1.79. The van der Waals surface area contributed by atoms with Crippen molar-refractivity contribution in [2.75, 3.05) is 39.3 Å². The van der Waals surface area contributed by atoms with Crippen LogP contribution < -0.4 is 10.1 Å². The van der Waals surface area contributed by atoms with Gasteiger partial charge >= 0.3 is 0 Å². The smallest absolute Gasteiger partial charge is 0.236 e. The van der Waals surface area contributed by atoms with Crippen molar-refractivity contribution < 1.29 is 14.3 Å². The molecule has 6 nitrogen and oxygen atoms in total. The molecular weight excluding hydrogens is 366 g/mol. The number of halogens is 1. The van der Waals surface area contributed by atoms with E-state index in [1.165, 1.54) is 5.56 Å². The molecule has 0 aromatic heterocycles. The van der Waals surface area contributed by atoms with Gasteiger partial charge < -0.3 is 19.9 Å². The number of nitrogens with zero attached hydrogens (tertiary/aromatic N) is 2. The number of likely N-dealkylation sites (tertiary alicyclic amines) is 1. The first kappa shape index (κ1) is 21.5. The minimum atomic E-state index is 0.